The molecule has 22 heavy (non-hydrogen) atoms. The molecule has 0 unspecified atom stereocenters. The molecule has 118 valence electrons. The lowest BCUT2D eigenvalue weighted by atomic mass is 9.89. The molecule has 1 heterocycles. The minimum absolute atomic E-state index is 0. The molecule has 1 aliphatic rings. The number of benzene rings is 2. The van der Waals surface area contributed by atoms with E-state index in [1.54, 1.807) is 0 Å². The van der Waals surface area contributed by atoms with Crippen LogP contribution in [0.25, 0.3) is 0 Å². The minimum atomic E-state index is 0. The monoisotopic (exact) mass is 380 g/mol. The van der Waals surface area contributed by atoms with Gasteiger partial charge in [0, 0.05) is 30.0 Å². The van der Waals surface area contributed by atoms with Gasteiger partial charge in [0.2, 0.25) is 0 Å². The van der Waals surface area contributed by atoms with Crippen molar-refractivity contribution < 1.29 is 0 Å². The first-order chi connectivity index (χ1) is 10.3. The van der Waals surface area contributed by atoms with Gasteiger partial charge in [0.1, 0.15) is 0 Å². The third-order valence-electron chi connectivity index (χ3n) is 4.40. The minimum Gasteiger partial charge on any atom is -0.330 e. The predicted octanol–water partition coefficient (Wildman–Crippen LogP) is 4.05. The van der Waals surface area contributed by atoms with E-state index < -0.39 is 0 Å². The van der Waals surface area contributed by atoms with E-state index >= 15 is 0 Å². The average Bonchev–Trinajstić information content (AvgIpc) is 2.93. The molecule has 1 aliphatic heterocycles. The average molecular weight is 382 g/mol. The topological polar surface area (TPSA) is 29.3 Å². The van der Waals surface area contributed by atoms with Crippen molar-refractivity contribution >= 4 is 28.3 Å². The summed E-state index contributed by atoms with van der Waals surface area (Å²) in [6, 6.07) is 19.3. The first-order valence-corrected chi connectivity index (χ1v) is 8.28. The summed E-state index contributed by atoms with van der Waals surface area (Å²) in [7, 11) is 0. The Labute approximate surface area is 147 Å². The summed E-state index contributed by atoms with van der Waals surface area (Å²) < 4.78 is 1.19. The van der Waals surface area contributed by atoms with Crippen LogP contribution in [-0.2, 0) is 6.54 Å². The lowest BCUT2D eigenvalue weighted by Gasteiger charge is -2.17. The SMILES string of the molecule is Cl.NC[C@@H]1CN(Cc2ccccc2Br)C[C@H]1c1ccccc1. The van der Waals surface area contributed by atoms with Gasteiger partial charge < -0.3 is 5.73 Å². The molecule has 0 saturated carbocycles. The number of hydrogen-bond acceptors (Lipinski definition) is 2. The molecule has 2 nitrogen and oxygen atoms in total. The van der Waals surface area contributed by atoms with Crippen LogP contribution in [0.1, 0.15) is 17.0 Å². The smallest absolute Gasteiger partial charge is 0.0245 e. The Balaban J connectivity index is 0.00000176. The van der Waals surface area contributed by atoms with E-state index in [0.29, 0.717) is 11.8 Å². The van der Waals surface area contributed by atoms with Crippen LogP contribution in [-0.4, -0.2) is 24.5 Å². The zero-order valence-corrected chi connectivity index (χ0v) is 14.9. The Morgan fingerprint density at radius 1 is 1.00 bits per heavy atom. The highest BCUT2D eigenvalue weighted by atomic mass is 79.9. The van der Waals surface area contributed by atoms with Gasteiger partial charge in [0.15, 0.2) is 0 Å². The molecule has 0 bridgehead atoms. The van der Waals surface area contributed by atoms with Gasteiger partial charge >= 0.3 is 0 Å². The fourth-order valence-electron chi connectivity index (χ4n) is 3.27. The molecule has 2 atom stereocenters. The van der Waals surface area contributed by atoms with E-state index in [4.69, 9.17) is 5.73 Å². The molecular formula is C18H22BrClN2. The summed E-state index contributed by atoms with van der Waals surface area (Å²) in [4.78, 5) is 2.52. The summed E-state index contributed by atoms with van der Waals surface area (Å²) in [6.07, 6.45) is 0. The van der Waals surface area contributed by atoms with Gasteiger partial charge in [-0.05, 0) is 29.7 Å². The largest absolute Gasteiger partial charge is 0.330 e. The molecular weight excluding hydrogens is 360 g/mol. The Morgan fingerprint density at radius 2 is 1.68 bits per heavy atom. The van der Waals surface area contributed by atoms with E-state index in [9.17, 15) is 0 Å². The zero-order chi connectivity index (χ0) is 14.7. The van der Waals surface area contributed by atoms with Crippen LogP contribution in [0.5, 0.6) is 0 Å². The van der Waals surface area contributed by atoms with Crippen LogP contribution in [0.3, 0.4) is 0 Å². The van der Waals surface area contributed by atoms with Crippen molar-refractivity contribution in [2.45, 2.75) is 12.5 Å². The Bertz CT molecular complexity index is 591. The third-order valence-corrected chi connectivity index (χ3v) is 5.17. The van der Waals surface area contributed by atoms with E-state index in [2.05, 4.69) is 75.4 Å². The van der Waals surface area contributed by atoms with Crippen molar-refractivity contribution in [2.24, 2.45) is 11.7 Å². The van der Waals surface area contributed by atoms with Crippen LogP contribution in [0.4, 0.5) is 0 Å². The van der Waals surface area contributed by atoms with Crippen molar-refractivity contribution in [1.82, 2.24) is 4.90 Å². The van der Waals surface area contributed by atoms with Gasteiger partial charge in [-0.25, -0.2) is 0 Å². The van der Waals surface area contributed by atoms with E-state index in [1.165, 1.54) is 15.6 Å². The van der Waals surface area contributed by atoms with Gasteiger partial charge in [-0.15, -0.1) is 12.4 Å². The van der Waals surface area contributed by atoms with Crippen LogP contribution < -0.4 is 5.73 Å². The predicted molar refractivity (Wildman–Crippen MR) is 98.4 cm³/mol. The maximum Gasteiger partial charge on any atom is 0.0245 e. The highest BCUT2D eigenvalue weighted by Crippen LogP contribution is 2.33. The summed E-state index contributed by atoms with van der Waals surface area (Å²) >= 11 is 3.64. The molecule has 3 rings (SSSR count). The Kier molecular flexibility index (Phi) is 6.45. The van der Waals surface area contributed by atoms with Crippen molar-refractivity contribution in [3.63, 3.8) is 0 Å². The Morgan fingerprint density at radius 3 is 2.36 bits per heavy atom. The van der Waals surface area contributed by atoms with Crippen LogP contribution in [0.15, 0.2) is 59.1 Å². The number of likely N-dealkylation sites (tertiary alicyclic amines) is 1. The molecule has 0 radical (unpaired) electrons. The molecule has 1 saturated heterocycles. The van der Waals surface area contributed by atoms with Crippen molar-refractivity contribution in [3.05, 3.63) is 70.2 Å². The van der Waals surface area contributed by atoms with Crippen LogP contribution in [0.2, 0.25) is 0 Å². The quantitative estimate of drug-likeness (QED) is 0.866. The summed E-state index contributed by atoms with van der Waals surface area (Å²) in [5.41, 5.74) is 8.78. The highest BCUT2D eigenvalue weighted by Gasteiger charge is 2.32. The second-order valence-electron chi connectivity index (χ2n) is 5.80. The lowest BCUT2D eigenvalue weighted by molar-refractivity contribution is 0.316. The third kappa shape index (κ3) is 3.90. The van der Waals surface area contributed by atoms with Gasteiger partial charge in [-0.1, -0.05) is 64.5 Å². The number of nitrogens with two attached hydrogens (primary N) is 1. The fourth-order valence-corrected chi connectivity index (χ4v) is 3.68. The molecule has 2 aromatic carbocycles. The van der Waals surface area contributed by atoms with Gasteiger partial charge in [0.05, 0.1) is 0 Å². The maximum absolute atomic E-state index is 6.01. The van der Waals surface area contributed by atoms with Gasteiger partial charge in [-0.2, -0.15) is 0 Å². The number of rotatable bonds is 4. The number of halogens is 2. The Hall–Kier alpha value is -0.870. The summed E-state index contributed by atoms with van der Waals surface area (Å²) in [5.74, 6) is 1.11. The van der Waals surface area contributed by atoms with Gasteiger partial charge in [0.25, 0.3) is 0 Å². The van der Waals surface area contributed by atoms with E-state index in [0.717, 1.165) is 26.2 Å². The first-order valence-electron chi connectivity index (χ1n) is 7.48. The molecule has 0 amide bonds. The van der Waals surface area contributed by atoms with Crippen molar-refractivity contribution in [1.29, 1.82) is 0 Å². The normalized spacial score (nSPS) is 21.5. The van der Waals surface area contributed by atoms with Crippen molar-refractivity contribution in [3.8, 4) is 0 Å². The molecule has 4 heteroatoms. The molecule has 2 N–H and O–H groups in total. The van der Waals surface area contributed by atoms with E-state index in [-0.39, 0.29) is 12.4 Å². The molecule has 0 aromatic heterocycles. The van der Waals surface area contributed by atoms with Crippen LogP contribution >= 0.6 is 28.3 Å². The lowest BCUT2D eigenvalue weighted by Crippen LogP contribution is -2.23. The number of nitrogens with zero attached hydrogens (tertiary/aromatic N) is 1. The van der Waals surface area contributed by atoms with Gasteiger partial charge in [-0.3, -0.25) is 4.90 Å². The molecule has 0 spiro atoms. The first kappa shape index (κ1) is 17.5. The fraction of sp³-hybridized carbons (Fsp3) is 0.333. The summed E-state index contributed by atoms with van der Waals surface area (Å²) in [5, 5.41) is 0. The molecule has 0 aliphatic carbocycles. The zero-order valence-electron chi connectivity index (χ0n) is 12.5. The standard InChI is InChI=1S/C18H21BrN2.ClH/c19-18-9-5-4-8-15(18)11-21-12-16(10-20)17(13-21)14-6-2-1-3-7-14;/h1-9,16-17H,10-13,20H2;1H/t16-,17+;/m1./s1. The van der Waals surface area contributed by atoms with Crippen LogP contribution in [0, 0.1) is 5.92 Å². The highest BCUT2D eigenvalue weighted by molar-refractivity contribution is 9.10. The van der Waals surface area contributed by atoms with Crippen molar-refractivity contribution in [2.75, 3.05) is 19.6 Å². The summed E-state index contributed by atoms with van der Waals surface area (Å²) in [6.45, 7) is 3.91. The maximum atomic E-state index is 6.01. The molecule has 2 aromatic rings. The second kappa shape index (κ2) is 8.11. The molecule has 1 fully saturated rings. The number of hydrogen-bond donors (Lipinski definition) is 1. The van der Waals surface area contributed by atoms with E-state index in [1.807, 2.05) is 0 Å². The second-order valence-corrected chi connectivity index (χ2v) is 6.65.